The van der Waals surface area contributed by atoms with E-state index in [0.717, 1.165) is 68.2 Å². The fourth-order valence-electron chi connectivity index (χ4n) is 3.93. The first-order valence-corrected chi connectivity index (χ1v) is 13.4. The molecule has 0 radical (unpaired) electrons. The van der Waals surface area contributed by atoms with Crippen molar-refractivity contribution in [2.75, 3.05) is 13.7 Å². The minimum atomic E-state index is -4.51. The normalized spacial score (nSPS) is 11.7. The van der Waals surface area contributed by atoms with E-state index in [-0.39, 0.29) is 24.7 Å². The molecule has 0 aliphatic carbocycles. The molecule has 0 bridgehead atoms. The van der Waals surface area contributed by atoms with Gasteiger partial charge in [-0.25, -0.2) is 4.79 Å². The lowest BCUT2D eigenvalue weighted by Crippen LogP contribution is -2.34. The van der Waals surface area contributed by atoms with Crippen molar-refractivity contribution in [3.05, 3.63) is 70.8 Å². The van der Waals surface area contributed by atoms with Crippen molar-refractivity contribution in [1.82, 2.24) is 5.32 Å². The second-order valence-electron chi connectivity index (χ2n) is 9.21. The van der Waals surface area contributed by atoms with Crippen molar-refractivity contribution in [3.63, 3.8) is 0 Å². The average molecular weight is 560 g/mol. The lowest BCUT2D eigenvalue weighted by Gasteiger charge is -2.18. The van der Waals surface area contributed by atoms with Crippen LogP contribution in [-0.2, 0) is 36.6 Å². The van der Waals surface area contributed by atoms with Crippen LogP contribution >= 0.6 is 0 Å². The zero-order chi connectivity index (χ0) is 29.4. The molecule has 1 N–H and O–H groups in total. The van der Waals surface area contributed by atoms with Gasteiger partial charge in [0.15, 0.2) is 0 Å². The van der Waals surface area contributed by atoms with E-state index in [2.05, 4.69) is 21.9 Å². The van der Waals surface area contributed by atoms with E-state index in [0.29, 0.717) is 6.42 Å². The first-order chi connectivity index (χ1) is 19.2. The molecule has 9 heteroatoms. The molecule has 2 rings (SSSR count). The van der Waals surface area contributed by atoms with E-state index >= 15 is 0 Å². The third-order valence-corrected chi connectivity index (χ3v) is 6.17. The van der Waals surface area contributed by atoms with Gasteiger partial charge in [0.25, 0.3) is 5.78 Å². The van der Waals surface area contributed by atoms with Crippen molar-refractivity contribution in [3.8, 4) is 11.8 Å². The summed E-state index contributed by atoms with van der Waals surface area (Å²) in [6.45, 7) is 1.77. The first kappa shape index (κ1) is 32.6. The van der Waals surface area contributed by atoms with E-state index in [9.17, 15) is 27.6 Å². The van der Waals surface area contributed by atoms with Crippen molar-refractivity contribution < 1.29 is 37.0 Å². The number of rotatable bonds is 15. The molecule has 216 valence electrons. The predicted octanol–water partition coefficient (Wildman–Crippen LogP) is 6.31. The monoisotopic (exact) mass is 559 g/mol. The minimum Gasteiger partial charge on any atom is -0.469 e. The van der Waals surface area contributed by atoms with Crippen LogP contribution in [0.25, 0.3) is 0 Å². The van der Waals surface area contributed by atoms with Crippen LogP contribution in [0.15, 0.2) is 48.5 Å². The molecule has 1 unspecified atom stereocenters. The Bertz CT molecular complexity index is 1150. The van der Waals surface area contributed by atoms with Gasteiger partial charge in [0.05, 0.1) is 19.3 Å². The van der Waals surface area contributed by atoms with Gasteiger partial charge in [-0.3, -0.25) is 14.9 Å². The summed E-state index contributed by atoms with van der Waals surface area (Å²) in [6, 6.07) is 10.3. The number of alkyl halides is 3. The number of ether oxygens (including phenoxy) is 2. The third-order valence-electron chi connectivity index (χ3n) is 6.17. The number of unbranched alkanes of at least 4 members (excludes halogenated alkanes) is 6. The molecule has 0 saturated carbocycles. The van der Waals surface area contributed by atoms with Gasteiger partial charge in [-0.05, 0) is 55.2 Å². The average Bonchev–Trinajstić information content (AvgIpc) is 2.94. The topological polar surface area (TPSA) is 81.7 Å². The zero-order valence-electron chi connectivity index (χ0n) is 22.9. The Hall–Kier alpha value is -3.64. The van der Waals surface area contributed by atoms with Crippen molar-refractivity contribution in [1.29, 1.82) is 0 Å². The number of hydrogen-bond acceptors (Lipinski definition) is 6. The number of hydrogen-bond donors (Lipinski definition) is 1. The number of benzene rings is 2. The number of ketones is 1. The van der Waals surface area contributed by atoms with Crippen LogP contribution in [0.4, 0.5) is 13.2 Å². The first-order valence-electron chi connectivity index (χ1n) is 13.4. The van der Waals surface area contributed by atoms with Crippen LogP contribution in [0.1, 0.15) is 86.6 Å². The van der Waals surface area contributed by atoms with Crippen LogP contribution in [0.5, 0.6) is 0 Å². The van der Waals surface area contributed by atoms with Crippen LogP contribution in [0.3, 0.4) is 0 Å². The van der Waals surface area contributed by atoms with Gasteiger partial charge in [-0.15, -0.1) is 0 Å². The summed E-state index contributed by atoms with van der Waals surface area (Å²) in [7, 11) is 1.40. The van der Waals surface area contributed by atoms with Crippen molar-refractivity contribution in [2.24, 2.45) is 0 Å². The van der Waals surface area contributed by atoms with Crippen molar-refractivity contribution in [2.45, 2.75) is 77.1 Å². The Labute approximate surface area is 233 Å². The molecule has 0 amide bonds. The largest absolute Gasteiger partial charge is 0.469 e. The lowest BCUT2D eigenvalue weighted by molar-refractivity contribution is -0.154. The highest BCUT2D eigenvalue weighted by Crippen LogP contribution is 2.30. The number of carbonyl (C=O) groups excluding carboxylic acids is 3. The van der Waals surface area contributed by atoms with Gasteiger partial charge in [-0.1, -0.05) is 61.8 Å². The second-order valence-corrected chi connectivity index (χ2v) is 9.21. The summed E-state index contributed by atoms with van der Waals surface area (Å²) in [6.07, 6.45) is 2.92. The maximum absolute atomic E-state index is 12.9. The summed E-state index contributed by atoms with van der Waals surface area (Å²) >= 11 is 0. The number of esters is 2. The molecular weight excluding hydrogens is 523 g/mol. The van der Waals surface area contributed by atoms with E-state index in [4.69, 9.17) is 4.74 Å². The van der Waals surface area contributed by atoms with E-state index in [1.165, 1.54) is 19.2 Å². The van der Waals surface area contributed by atoms with Crippen LogP contribution < -0.4 is 5.32 Å². The molecule has 0 aromatic heterocycles. The van der Waals surface area contributed by atoms with Gasteiger partial charge in [0.2, 0.25) is 0 Å². The molecule has 0 aliphatic heterocycles. The van der Waals surface area contributed by atoms with Gasteiger partial charge in [0, 0.05) is 24.9 Å². The van der Waals surface area contributed by atoms with Crippen LogP contribution in [0.2, 0.25) is 0 Å². The highest BCUT2D eigenvalue weighted by Gasteiger charge is 2.32. The number of carbonyl (C=O) groups is 3. The molecule has 1 atom stereocenters. The van der Waals surface area contributed by atoms with E-state index in [1.54, 1.807) is 6.92 Å². The minimum absolute atomic E-state index is 0.00525. The molecule has 6 nitrogen and oxygen atoms in total. The SMILES string of the molecule is CCOC(=O)C(=O)C(NCc1ccc(C#CCCCCCCCCC(=O)OC)cc1)c1ccc(C(F)(F)F)cc1. The van der Waals surface area contributed by atoms with Crippen molar-refractivity contribution >= 4 is 17.7 Å². The summed E-state index contributed by atoms with van der Waals surface area (Å²) < 4.78 is 48.3. The predicted molar refractivity (Wildman–Crippen MR) is 145 cm³/mol. The van der Waals surface area contributed by atoms with Gasteiger partial charge in [0.1, 0.15) is 6.04 Å². The quantitative estimate of drug-likeness (QED) is 0.119. The Morgan fingerprint density at radius 1 is 0.900 bits per heavy atom. The Balaban J connectivity index is 1.87. The number of Topliss-reactive ketones (excluding diaryl/α,β-unsaturated/α-hetero) is 1. The van der Waals surface area contributed by atoms with E-state index < -0.39 is 29.5 Å². The van der Waals surface area contributed by atoms with Crippen LogP contribution in [-0.4, -0.2) is 31.4 Å². The van der Waals surface area contributed by atoms with E-state index in [1.807, 2.05) is 24.3 Å². The standard InChI is InChI=1S/C31H36F3NO5/c1-3-40-30(38)29(37)28(25-18-20-26(21-19-25)31(32,33)34)35-22-24-16-14-23(15-17-24)12-10-8-6-4-5-7-9-11-13-27(36)39-2/h14-21,28,35H,3-9,11,13,22H2,1-2H3. The Kier molecular flexibility index (Phi) is 14.0. The molecular formula is C31H36F3NO5. The summed E-state index contributed by atoms with van der Waals surface area (Å²) in [4.78, 5) is 35.8. The maximum Gasteiger partial charge on any atom is 0.416 e. The fourth-order valence-corrected chi connectivity index (χ4v) is 3.93. The Morgan fingerprint density at radius 2 is 1.52 bits per heavy atom. The van der Waals surface area contributed by atoms with Gasteiger partial charge >= 0.3 is 18.1 Å². The fraction of sp³-hybridized carbons (Fsp3) is 0.452. The molecule has 0 heterocycles. The Morgan fingerprint density at radius 3 is 2.12 bits per heavy atom. The third kappa shape index (κ3) is 11.6. The van der Waals surface area contributed by atoms with Gasteiger partial charge < -0.3 is 9.47 Å². The summed E-state index contributed by atoms with van der Waals surface area (Å²) in [5.41, 5.74) is 1.04. The molecule has 0 fully saturated rings. The molecule has 0 spiro atoms. The zero-order valence-corrected chi connectivity index (χ0v) is 22.9. The van der Waals surface area contributed by atoms with Gasteiger partial charge in [-0.2, -0.15) is 13.2 Å². The molecule has 2 aromatic rings. The number of nitrogens with one attached hydrogen (secondary N) is 1. The summed E-state index contributed by atoms with van der Waals surface area (Å²) in [5.74, 6) is 4.20. The molecule has 40 heavy (non-hydrogen) atoms. The molecule has 0 saturated heterocycles. The smallest absolute Gasteiger partial charge is 0.416 e. The lowest BCUT2D eigenvalue weighted by atomic mass is 10.00. The molecule has 0 aliphatic rings. The number of methoxy groups -OCH3 is 1. The second kappa shape index (κ2) is 17.1. The van der Waals surface area contributed by atoms with Crippen LogP contribution in [0, 0.1) is 11.8 Å². The maximum atomic E-state index is 12.9. The number of halogens is 3. The highest BCUT2D eigenvalue weighted by atomic mass is 19.4. The summed E-state index contributed by atoms with van der Waals surface area (Å²) in [5, 5.41) is 2.97. The highest BCUT2D eigenvalue weighted by molar-refractivity contribution is 6.35. The molecule has 2 aromatic carbocycles.